The zero-order valence-corrected chi connectivity index (χ0v) is 19.2. The van der Waals surface area contributed by atoms with Crippen LogP contribution in [0.1, 0.15) is 40.6 Å². The number of rotatable bonds is 5. The van der Waals surface area contributed by atoms with Gasteiger partial charge in [0.05, 0.1) is 0 Å². The fourth-order valence-corrected chi connectivity index (χ4v) is 4.95. The van der Waals surface area contributed by atoms with Crippen LogP contribution in [0.15, 0.2) is 59.6 Å². The van der Waals surface area contributed by atoms with Crippen molar-refractivity contribution in [1.82, 2.24) is 20.9 Å². The number of amides is 2. The number of carbonyl (C=O) groups excluding carboxylic acids is 2. The summed E-state index contributed by atoms with van der Waals surface area (Å²) in [6, 6.07) is 8.08. The monoisotopic (exact) mass is 539 g/mol. The SMILES string of the molecule is O=C1NCc2c(Nc3ncccc3C(O)NC3=CC4=C(CC3)C(C(F)(F)F)(C(F)(F)F)C(=O)N4)cccc21. The Kier molecular flexibility index (Phi) is 5.89. The van der Waals surface area contributed by atoms with Crippen molar-refractivity contribution in [2.75, 3.05) is 5.32 Å². The fraction of sp³-hybridized carbons (Fsp3) is 0.292. The third kappa shape index (κ3) is 3.86. The van der Waals surface area contributed by atoms with E-state index < -0.39 is 47.6 Å². The lowest BCUT2D eigenvalue weighted by molar-refractivity contribution is -0.309. The molecule has 200 valence electrons. The molecule has 5 N–H and O–H groups in total. The Morgan fingerprint density at radius 3 is 2.47 bits per heavy atom. The van der Waals surface area contributed by atoms with Crippen LogP contribution in [0.3, 0.4) is 0 Å². The van der Waals surface area contributed by atoms with Gasteiger partial charge in [0, 0.05) is 46.5 Å². The van der Waals surface area contributed by atoms with Crippen LogP contribution in [0.25, 0.3) is 0 Å². The standard InChI is InChI=1S/C24H19F6N5O3/c25-23(26,27)22(24(28,29)30)15-7-6-11(9-17(15)35-21(22)38)33-20(37)13-4-2-8-31-18(13)34-16-5-1-3-12-14(16)10-32-19(12)36/h1-5,8-9,20,33,37H,6-7,10H2,(H,31,34)(H,32,36)(H,35,38). The van der Waals surface area contributed by atoms with Crippen LogP contribution >= 0.6 is 0 Å². The molecular weight excluding hydrogens is 520 g/mol. The number of alkyl halides is 6. The molecule has 1 aromatic heterocycles. The Morgan fingerprint density at radius 1 is 1.03 bits per heavy atom. The van der Waals surface area contributed by atoms with Gasteiger partial charge in [-0.3, -0.25) is 9.59 Å². The molecular formula is C24H19F6N5O3. The number of allylic oxidation sites excluding steroid dienone is 2. The first-order valence-electron chi connectivity index (χ1n) is 11.3. The average Bonchev–Trinajstić information content (AvgIpc) is 3.36. The highest BCUT2D eigenvalue weighted by atomic mass is 19.4. The summed E-state index contributed by atoms with van der Waals surface area (Å²) in [5.74, 6) is -2.23. The average molecular weight is 539 g/mol. The van der Waals surface area contributed by atoms with Crippen molar-refractivity contribution >= 4 is 23.3 Å². The van der Waals surface area contributed by atoms with Crippen LogP contribution in [-0.2, 0) is 11.3 Å². The van der Waals surface area contributed by atoms with Crippen LogP contribution in [-0.4, -0.2) is 34.3 Å². The molecule has 0 saturated carbocycles. The summed E-state index contributed by atoms with van der Waals surface area (Å²) in [6.07, 6.45) is -11.9. The summed E-state index contributed by atoms with van der Waals surface area (Å²) in [5, 5.41) is 21.0. The van der Waals surface area contributed by atoms with Crippen molar-refractivity contribution in [3.05, 3.63) is 76.3 Å². The number of hydrogen-bond acceptors (Lipinski definition) is 6. The van der Waals surface area contributed by atoms with E-state index in [1.165, 1.54) is 18.3 Å². The molecule has 1 aliphatic carbocycles. The summed E-state index contributed by atoms with van der Waals surface area (Å²) in [4.78, 5) is 28.3. The lowest BCUT2D eigenvalue weighted by atomic mass is 9.75. The van der Waals surface area contributed by atoms with E-state index in [-0.39, 0.29) is 36.0 Å². The molecule has 0 bridgehead atoms. The second-order valence-corrected chi connectivity index (χ2v) is 8.89. The van der Waals surface area contributed by atoms with E-state index >= 15 is 0 Å². The lowest BCUT2D eigenvalue weighted by Gasteiger charge is -2.34. The third-order valence-corrected chi connectivity index (χ3v) is 6.73. The molecule has 0 saturated heterocycles. The summed E-state index contributed by atoms with van der Waals surface area (Å²) in [5.41, 5.74) is -4.26. The smallest absolute Gasteiger partial charge is 0.369 e. The Hall–Kier alpha value is -4.07. The Bertz CT molecular complexity index is 1380. The van der Waals surface area contributed by atoms with Crippen LogP contribution in [0.2, 0.25) is 0 Å². The van der Waals surface area contributed by atoms with E-state index in [9.17, 15) is 41.0 Å². The second-order valence-electron chi connectivity index (χ2n) is 8.89. The molecule has 2 aromatic rings. The van der Waals surface area contributed by atoms with Gasteiger partial charge in [-0.05, 0) is 48.8 Å². The molecule has 3 heterocycles. The van der Waals surface area contributed by atoms with E-state index in [4.69, 9.17) is 0 Å². The van der Waals surface area contributed by atoms with E-state index in [2.05, 4.69) is 20.9 Å². The Balaban J connectivity index is 1.42. The van der Waals surface area contributed by atoms with E-state index in [0.29, 0.717) is 16.8 Å². The number of aliphatic hydroxyl groups excluding tert-OH is 1. The van der Waals surface area contributed by atoms with Crippen molar-refractivity contribution in [2.45, 2.75) is 38.0 Å². The van der Waals surface area contributed by atoms with E-state index in [1.807, 2.05) is 0 Å². The molecule has 3 aliphatic rings. The summed E-state index contributed by atoms with van der Waals surface area (Å²) < 4.78 is 82.0. The van der Waals surface area contributed by atoms with Gasteiger partial charge >= 0.3 is 12.4 Å². The van der Waals surface area contributed by atoms with Crippen molar-refractivity contribution in [3.8, 4) is 0 Å². The molecule has 2 aliphatic heterocycles. The van der Waals surface area contributed by atoms with Crippen molar-refractivity contribution in [1.29, 1.82) is 0 Å². The zero-order valence-electron chi connectivity index (χ0n) is 19.2. The second kappa shape index (κ2) is 8.75. The zero-order chi connectivity index (χ0) is 27.5. The number of pyridine rings is 1. The Morgan fingerprint density at radius 2 is 1.76 bits per heavy atom. The quantitative estimate of drug-likeness (QED) is 0.292. The number of nitrogens with zero attached hydrogens (tertiary/aromatic N) is 1. The van der Waals surface area contributed by atoms with Gasteiger partial charge in [0.2, 0.25) is 0 Å². The molecule has 0 radical (unpaired) electrons. The van der Waals surface area contributed by atoms with Gasteiger partial charge < -0.3 is 26.4 Å². The minimum absolute atomic E-state index is 0.113. The summed E-state index contributed by atoms with van der Waals surface area (Å²) in [7, 11) is 0. The molecule has 0 spiro atoms. The molecule has 8 nitrogen and oxygen atoms in total. The van der Waals surface area contributed by atoms with Crippen molar-refractivity contribution in [2.24, 2.45) is 5.41 Å². The van der Waals surface area contributed by atoms with Gasteiger partial charge in [-0.25, -0.2) is 4.98 Å². The molecule has 14 heteroatoms. The fourth-order valence-electron chi connectivity index (χ4n) is 4.95. The number of fused-ring (bicyclic) bond motifs is 1. The molecule has 2 amide bonds. The maximum atomic E-state index is 13.7. The number of aliphatic hydroxyl groups is 1. The van der Waals surface area contributed by atoms with Gasteiger partial charge in [0.1, 0.15) is 5.82 Å². The molecule has 1 unspecified atom stereocenters. The molecule has 5 rings (SSSR count). The van der Waals surface area contributed by atoms with Crippen LogP contribution < -0.4 is 21.3 Å². The molecule has 1 aromatic carbocycles. The first-order valence-corrected chi connectivity index (χ1v) is 11.3. The first-order chi connectivity index (χ1) is 17.8. The highest BCUT2D eigenvalue weighted by Crippen LogP contribution is 2.59. The maximum Gasteiger partial charge on any atom is 0.415 e. The van der Waals surface area contributed by atoms with Crippen LogP contribution in [0, 0.1) is 5.41 Å². The highest BCUT2D eigenvalue weighted by molar-refractivity contribution is 6.00. The summed E-state index contributed by atoms with van der Waals surface area (Å²) in [6.45, 7) is 0.285. The molecule has 0 fully saturated rings. The Labute approximate surface area is 210 Å². The predicted octanol–water partition coefficient (Wildman–Crippen LogP) is 3.82. The first kappa shape index (κ1) is 25.6. The number of halogens is 6. The normalized spacial score (nSPS) is 19.3. The van der Waals surface area contributed by atoms with Gasteiger partial charge in [0.15, 0.2) is 6.23 Å². The number of carbonyl (C=O) groups is 2. The number of anilines is 2. The topological polar surface area (TPSA) is 115 Å². The van der Waals surface area contributed by atoms with Crippen molar-refractivity contribution < 1.29 is 41.0 Å². The minimum atomic E-state index is -5.89. The lowest BCUT2D eigenvalue weighted by Crippen LogP contribution is -2.56. The minimum Gasteiger partial charge on any atom is -0.369 e. The number of hydrogen-bond donors (Lipinski definition) is 5. The highest BCUT2D eigenvalue weighted by Gasteiger charge is 2.79. The third-order valence-electron chi connectivity index (χ3n) is 6.73. The number of nitrogens with one attached hydrogen (secondary N) is 4. The predicted molar refractivity (Wildman–Crippen MR) is 120 cm³/mol. The van der Waals surface area contributed by atoms with Gasteiger partial charge in [-0.1, -0.05) is 6.07 Å². The van der Waals surface area contributed by atoms with Crippen molar-refractivity contribution in [3.63, 3.8) is 0 Å². The van der Waals surface area contributed by atoms with Gasteiger partial charge in [0.25, 0.3) is 17.2 Å². The summed E-state index contributed by atoms with van der Waals surface area (Å²) >= 11 is 0. The van der Waals surface area contributed by atoms with E-state index in [0.717, 1.165) is 6.08 Å². The van der Waals surface area contributed by atoms with E-state index in [1.54, 1.807) is 23.5 Å². The molecule has 1 atom stereocenters. The maximum absolute atomic E-state index is 13.7. The largest absolute Gasteiger partial charge is 0.415 e. The number of aromatic nitrogens is 1. The van der Waals surface area contributed by atoms with Gasteiger partial charge in [-0.2, -0.15) is 26.3 Å². The van der Waals surface area contributed by atoms with Gasteiger partial charge in [-0.15, -0.1) is 0 Å². The molecule has 38 heavy (non-hydrogen) atoms. The number of benzene rings is 1. The van der Waals surface area contributed by atoms with Crippen LogP contribution in [0.4, 0.5) is 37.8 Å². The van der Waals surface area contributed by atoms with Crippen LogP contribution in [0.5, 0.6) is 0 Å².